The Bertz CT molecular complexity index is 2280. The lowest BCUT2D eigenvalue weighted by Crippen LogP contribution is -2.45. The van der Waals surface area contributed by atoms with E-state index in [2.05, 4.69) is 41.5 Å². The SMILES string of the molecule is CCCCCCOc1cc(/C=C/C2=CC(=O)C(=C3C(O)C(=C4C(=O)C=C(/C=C/c5cc(OCCCCCC)c(OCCCCCC)c(OCCCCCC)c5)C=C4O)C3O)C(O)=C2)cc(OCCCCCC)c1OCCCCCC. The van der Waals surface area contributed by atoms with Gasteiger partial charge in [0.25, 0.3) is 0 Å². The van der Waals surface area contributed by atoms with E-state index in [1.165, 1.54) is 24.3 Å². The van der Waals surface area contributed by atoms with Crippen LogP contribution in [0.2, 0.25) is 0 Å². The number of benzene rings is 2. The van der Waals surface area contributed by atoms with Gasteiger partial charge in [-0.05, 0) is 109 Å². The lowest BCUT2D eigenvalue weighted by atomic mass is 9.71. The normalized spacial score (nSPS) is 16.5. The van der Waals surface area contributed by atoms with Gasteiger partial charge in [-0.15, -0.1) is 0 Å². The van der Waals surface area contributed by atoms with Gasteiger partial charge in [-0.3, -0.25) is 9.59 Å². The summed E-state index contributed by atoms with van der Waals surface area (Å²) in [4.78, 5) is 27.6. The van der Waals surface area contributed by atoms with Crippen LogP contribution in [0.25, 0.3) is 12.2 Å². The van der Waals surface area contributed by atoms with E-state index in [9.17, 15) is 30.0 Å². The van der Waals surface area contributed by atoms with E-state index in [0.29, 0.717) is 85.3 Å². The van der Waals surface area contributed by atoms with E-state index in [0.717, 1.165) is 165 Å². The number of unbranched alkanes of at least 4 members (excludes halogenated alkanes) is 18. The fourth-order valence-electron chi connectivity index (χ4n) is 9.84. The van der Waals surface area contributed by atoms with Gasteiger partial charge in [-0.25, -0.2) is 0 Å². The molecule has 0 aromatic heterocycles. The van der Waals surface area contributed by atoms with E-state index in [4.69, 9.17) is 28.4 Å². The molecule has 3 aliphatic carbocycles. The zero-order chi connectivity index (χ0) is 57.5. The highest BCUT2D eigenvalue weighted by Crippen LogP contribution is 2.45. The molecule has 0 aliphatic heterocycles. The fourth-order valence-corrected chi connectivity index (χ4v) is 9.84. The third kappa shape index (κ3) is 20.2. The van der Waals surface area contributed by atoms with Crippen molar-refractivity contribution in [3.8, 4) is 34.5 Å². The minimum absolute atomic E-state index is 0.160. The van der Waals surface area contributed by atoms with Crippen LogP contribution in [0.5, 0.6) is 34.5 Å². The number of ketones is 2. The highest BCUT2D eigenvalue weighted by molar-refractivity contribution is 6.12. The van der Waals surface area contributed by atoms with Gasteiger partial charge >= 0.3 is 0 Å². The lowest BCUT2D eigenvalue weighted by Gasteiger charge is -2.39. The van der Waals surface area contributed by atoms with E-state index < -0.39 is 35.3 Å². The van der Waals surface area contributed by atoms with Crippen molar-refractivity contribution in [3.05, 3.63) is 117 Å². The molecule has 0 amide bonds. The number of carbonyl (C=O) groups is 2. The molecule has 2 aromatic carbocycles. The molecule has 4 N–H and O–H groups in total. The Morgan fingerprint density at radius 1 is 0.362 bits per heavy atom. The second kappa shape index (κ2) is 36.4. The Kier molecular flexibility index (Phi) is 29.5. The molecule has 0 bridgehead atoms. The molecule has 5 rings (SSSR count). The van der Waals surface area contributed by atoms with E-state index in [1.807, 2.05) is 36.4 Å². The van der Waals surface area contributed by atoms with E-state index in [1.54, 1.807) is 12.2 Å². The van der Waals surface area contributed by atoms with Gasteiger partial charge in [-0.2, -0.15) is 0 Å². The molecule has 0 atom stereocenters. The summed E-state index contributed by atoms with van der Waals surface area (Å²) in [5, 5.41) is 45.7. The number of aliphatic hydroxyl groups excluding tert-OH is 4. The van der Waals surface area contributed by atoms with E-state index >= 15 is 0 Å². The molecule has 12 nitrogen and oxygen atoms in total. The van der Waals surface area contributed by atoms with Gasteiger partial charge < -0.3 is 48.8 Å². The molecule has 1 saturated carbocycles. The van der Waals surface area contributed by atoms with Crippen LogP contribution in [-0.2, 0) is 9.59 Å². The van der Waals surface area contributed by atoms with Crippen molar-refractivity contribution in [2.24, 2.45) is 0 Å². The predicted octanol–water partition coefficient (Wildman–Crippen LogP) is 16.4. The Labute approximate surface area is 479 Å². The van der Waals surface area contributed by atoms with Crippen molar-refractivity contribution < 1.29 is 58.4 Å². The Balaban J connectivity index is 1.36. The standard InChI is InChI=1S/C68H96O12/c1-7-13-19-25-35-75-57-45-51(46-58(76-36-26-20-14-8-2)67(57)79-39-29-23-17-11-5)33-31-49-41-53(69)61(54(70)42-49)63-65(73)64(66(63)74)62-55(71)43-50(44-56(62)72)32-34-52-47-59(77-37-27-21-15-9-3)68(80-40-30-24-18-12-6)60(48-52)78-38-28-22-16-10-4/h31-34,41-48,65-66,69,71,73-74H,7-30,35-40H2,1-6H3/b33-31+,34-32+,63-61?,64-62?. The second-order valence-corrected chi connectivity index (χ2v) is 21.4. The Hall–Kier alpha value is -5.98. The zero-order valence-electron chi connectivity index (χ0n) is 49.4. The molecule has 3 aliphatic rings. The first-order valence-corrected chi connectivity index (χ1v) is 30.7. The summed E-state index contributed by atoms with van der Waals surface area (Å²) in [6.45, 7) is 16.2. The third-order valence-corrected chi connectivity index (χ3v) is 14.5. The molecule has 0 radical (unpaired) electrons. The van der Waals surface area contributed by atoms with Crippen LogP contribution in [0.3, 0.4) is 0 Å². The monoisotopic (exact) mass is 1100 g/mol. The summed E-state index contributed by atoms with van der Waals surface area (Å²) in [5.74, 6) is 1.34. The first-order valence-electron chi connectivity index (χ1n) is 30.7. The molecule has 80 heavy (non-hydrogen) atoms. The first-order chi connectivity index (χ1) is 39.0. The molecule has 0 saturated heterocycles. The molecule has 2 aromatic rings. The van der Waals surface area contributed by atoms with Gasteiger partial charge in [0, 0.05) is 11.1 Å². The van der Waals surface area contributed by atoms with Crippen LogP contribution >= 0.6 is 0 Å². The van der Waals surface area contributed by atoms with Crippen LogP contribution in [-0.4, -0.2) is 83.8 Å². The number of aliphatic hydroxyl groups is 4. The molecule has 0 heterocycles. The van der Waals surface area contributed by atoms with Crippen molar-refractivity contribution in [2.45, 2.75) is 208 Å². The quantitative estimate of drug-likeness (QED) is 0.0368. The third-order valence-electron chi connectivity index (χ3n) is 14.5. The summed E-state index contributed by atoms with van der Waals surface area (Å²) >= 11 is 0. The smallest absolute Gasteiger partial charge is 0.203 e. The Morgan fingerprint density at radius 3 is 0.875 bits per heavy atom. The van der Waals surface area contributed by atoms with Crippen LogP contribution in [0.1, 0.15) is 207 Å². The number of hydrogen-bond donors (Lipinski definition) is 4. The van der Waals surface area contributed by atoms with Crippen LogP contribution in [0, 0.1) is 0 Å². The van der Waals surface area contributed by atoms with E-state index in [-0.39, 0.29) is 22.3 Å². The fraction of sp³-hybridized carbons (Fsp3) is 0.559. The molecule has 440 valence electrons. The summed E-state index contributed by atoms with van der Waals surface area (Å²) in [7, 11) is 0. The van der Waals surface area contributed by atoms with Crippen LogP contribution in [0.15, 0.2) is 106 Å². The lowest BCUT2D eigenvalue weighted by molar-refractivity contribution is -0.112. The predicted molar refractivity (Wildman–Crippen MR) is 322 cm³/mol. The average molecular weight is 1110 g/mol. The zero-order valence-corrected chi connectivity index (χ0v) is 49.4. The topological polar surface area (TPSA) is 170 Å². The van der Waals surface area contributed by atoms with Gasteiger partial charge in [0.15, 0.2) is 34.6 Å². The van der Waals surface area contributed by atoms with Gasteiger partial charge in [0.1, 0.15) is 23.7 Å². The molecule has 12 heteroatoms. The molecular weight excluding hydrogens is 1010 g/mol. The first kappa shape index (κ1) is 64.8. The number of hydrogen-bond acceptors (Lipinski definition) is 12. The van der Waals surface area contributed by atoms with Crippen molar-refractivity contribution in [1.29, 1.82) is 0 Å². The Morgan fingerprint density at radius 2 is 0.625 bits per heavy atom. The maximum atomic E-state index is 13.8. The van der Waals surface area contributed by atoms with Gasteiger partial charge in [0.05, 0.1) is 50.8 Å². The van der Waals surface area contributed by atoms with Crippen LogP contribution < -0.4 is 28.4 Å². The molecule has 0 spiro atoms. The summed E-state index contributed by atoms with van der Waals surface area (Å²) in [6, 6.07) is 7.61. The highest BCUT2D eigenvalue weighted by Gasteiger charge is 2.47. The summed E-state index contributed by atoms with van der Waals surface area (Å²) in [6.07, 6.45) is 34.5. The largest absolute Gasteiger partial charge is 0.507 e. The molecular formula is C68H96O12. The average Bonchev–Trinajstić information content (AvgIpc) is 3.61. The minimum atomic E-state index is -1.62. The number of allylic oxidation sites excluding steroid dienone is 10. The van der Waals surface area contributed by atoms with Crippen molar-refractivity contribution in [1.82, 2.24) is 0 Å². The maximum absolute atomic E-state index is 13.8. The van der Waals surface area contributed by atoms with Gasteiger partial charge in [-0.1, -0.05) is 181 Å². The maximum Gasteiger partial charge on any atom is 0.203 e. The van der Waals surface area contributed by atoms with Crippen molar-refractivity contribution in [2.75, 3.05) is 39.6 Å². The number of rotatable bonds is 40. The van der Waals surface area contributed by atoms with Crippen molar-refractivity contribution in [3.63, 3.8) is 0 Å². The molecule has 1 fully saturated rings. The summed E-state index contributed by atoms with van der Waals surface area (Å²) in [5.41, 5.74) is 1.40. The minimum Gasteiger partial charge on any atom is -0.507 e. The number of ether oxygens (including phenoxy) is 6. The van der Waals surface area contributed by atoms with Crippen LogP contribution in [0.4, 0.5) is 0 Å². The number of carbonyl (C=O) groups excluding carboxylic acids is 2. The highest BCUT2D eigenvalue weighted by atomic mass is 16.5. The molecule has 0 unspecified atom stereocenters. The van der Waals surface area contributed by atoms with Gasteiger partial charge in [0.2, 0.25) is 11.5 Å². The second-order valence-electron chi connectivity index (χ2n) is 21.4. The van der Waals surface area contributed by atoms with Crippen molar-refractivity contribution >= 4 is 23.7 Å². The summed E-state index contributed by atoms with van der Waals surface area (Å²) < 4.78 is 38.3.